The molecule has 192 valence electrons. The average Bonchev–Trinajstić information content (AvgIpc) is 2.95. The lowest BCUT2D eigenvalue weighted by atomic mass is 9.89. The third-order valence-corrected chi connectivity index (χ3v) is 7.81. The lowest BCUT2D eigenvalue weighted by Crippen LogP contribution is -2.35. The molecule has 0 amide bonds. The third kappa shape index (κ3) is 6.76. The van der Waals surface area contributed by atoms with E-state index in [2.05, 4.69) is 77.5 Å². The highest BCUT2D eigenvalue weighted by atomic mass is 16.5. The summed E-state index contributed by atoms with van der Waals surface area (Å²) in [7, 11) is 2.15. The van der Waals surface area contributed by atoms with E-state index in [1.165, 1.54) is 16.7 Å². The summed E-state index contributed by atoms with van der Waals surface area (Å²) in [4.78, 5) is 18.3. The second-order valence-electron chi connectivity index (χ2n) is 10.5. The molecule has 2 aliphatic heterocycles. The molecule has 1 fully saturated rings. The topological polar surface area (TPSA) is 32.8 Å². The number of nitrogens with zero attached hydrogens (tertiary/aromatic N) is 2. The summed E-state index contributed by atoms with van der Waals surface area (Å²) in [5.74, 6) is -0.129. The first-order chi connectivity index (χ1) is 18.2. The molecule has 0 aromatic heterocycles. The summed E-state index contributed by atoms with van der Waals surface area (Å²) in [6, 6.07) is 29.2. The van der Waals surface area contributed by atoms with Crippen molar-refractivity contribution >= 4 is 11.5 Å². The van der Waals surface area contributed by atoms with Crippen LogP contribution in [0.4, 0.5) is 0 Å². The predicted octanol–water partition coefficient (Wildman–Crippen LogP) is 5.99. The fourth-order valence-electron chi connectivity index (χ4n) is 5.47. The van der Waals surface area contributed by atoms with Gasteiger partial charge in [0.1, 0.15) is 5.92 Å². The maximum Gasteiger partial charge on any atom is 0.317 e. The smallest absolute Gasteiger partial charge is 0.317 e. The molecule has 0 N–H and O–H groups in total. The number of ether oxygens (including phenoxy) is 1. The van der Waals surface area contributed by atoms with Crippen LogP contribution in [0.1, 0.15) is 47.4 Å². The van der Waals surface area contributed by atoms with Gasteiger partial charge >= 0.3 is 5.97 Å². The van der Waals surface area contributed by atoms with Crippen LogP contribution in [0.3, 0.4) is 0 Å². The lowest BCUT2D eigenvalue weighted by Gasteiger charge is -2.32. The number of benzene rings is 3. The number of piperidine rings is 1. The standard InChI is InChI=1S/C33H38N2O2/c1-34-20-18-29(19-21-34)28-12-14-31(15-13-28)32(30-10-6-3-7-11-30)33(36)37-25-27-16-22-35(23-17-27)24-26-8-4-2-5-9-26/h2-15,18,27,32H,16-17,19-25H2,1H3. The molecule has 3 aromatic rings. The zero-order valence-corrected chi connectivity index (χ0v) is 21.9. The van der Waals surface area contributed by atoms with E-state index in [1.54, 1.807) is 0 Å². The number of rotatable bonds is 8. The molecule has 37 heavy (non-hydrogen) atoms. The SMILES string of the molecule is CN1CC=C(c2ccc(C(C(=O)OCC3CCN(Cc4ccccc4)CC3)c3ccccc3)cc2)CC1. The van der Waals surface area contributed by atoms with Crippen LogP contribution in [-0.2, 0) is 16.1 Å². The summed E-state index contributed by atoms with van der Waals surface area (Å²) < 4.78 is 5.99. The van der Waals surface area contributed by atoms with E-state index in [4.69, 9.17) is 4.74 Å². The van der Waals surface area contributed by atoms with E-state index < -0.39 is 5.92 Å². The summed E-state index contributed by atoms with van der Waals surface area (Å²) in [5.41, 5.74) is 5.97. The van der Waals surface area contributed by atoms with Crippen LogP contribution in [0.5, 0.6) is 0 Å². The minimum absolute atomic E-state index is 0.149. The first-order valence-electron chi connectivity index (χ1n) is 13.6. The van der Waals surface area contributed by atoms with Gasteiger partial charge in [-0.3, -0.25) is 9.69 Å². The second kappa shape index (κ2) is 12.4. The average molecular weight is 495 g/mol. The molecular weight excluding hydrogens is 456 g/mol. The van der Waals surface area contributed by atoms with Gasteiger partial charge in [-0.1, -0.05) is 91.0 Å². The van der Waals surface area contributed by atoms with Gasteiger partial charge in [-0.2, -0.15) is 0 Å². The summed E-state index contributed by atoms with van der Waals surface area (Å²) in [6.45, 7) is 5.66. The first-order valence-corrected chi connectivity index (χ1v) is 13.6. The highest BCUT2D eigenvalue weighted by molar-refractivity contribution is 5.82. The van der Waals surface area contributed by atoms with Gasteiger partial charge in [-0.15, -0.1) is 0 Å². The number of hydrogen-bond acceptors (Lipinski definition) is 4. The molecule has 0 bridgehead atoms. The molecule has 1 saturated heterocycles. The molecular formula is C33H38N2O2. The normalized spacial score (nSPS) is 18.2. The molecule has 0 radical (unpaired) electrons. The van der Waals surface area contributed by atoms with Crippen molar-refractivity contribution < 1.29 is 9.53 Å². The Morgan fingerprint density at radius 1 is 0.865 bits per heavy atom. The van der Waals surface area contributed by atoms with Gasteiger partial charge in [0.05, 0.1) is 6.61 Å². The Labute approximate surface area is 221 Å². The van der Waals surface area contributed by atoms with Gasteiger partial charge in [0.25, 0.3) is 0 Å². The van der Waals surface area contributed by atoms with Crippen LogP contribution in [0, 0.1) is 5.92 Å². The number of hydrogen-bond donors (Lipinski definition) is 0. The molecule has 5 rings (SSSR count). The van der Waals surface area contributed by atoms with E-state index in [0.717, 1.165) is 63.1 Å². The minimum Gasteiger partial charge on any atom is -0.465 e. The third-order valence-electron chi connectivity index (χ3n) is 7.81. The molecule has 4 nitrogen and oxygen atoms in total. The zero-order chi connectivity index (χ0) is 25.5. The molecule has 0 aliphatic carbocycles. The van der Waals surface area contributed by atoms with Crippen molar-refractivity contribution in [2.45, 2.75) is 31.7 Å². The van der Waals surface area contributed by atoms with Crippen molar-refractivity contribution in [2.24, 2.45) is 5.92 Å². The van der Waals surface area contributed by atoms with Crippen molar-refractivity contribution in [3.8, 4) is 0 Å². The summed E-state index contributed by atoms with van der Waals surface area (Å²) >= 11 is 0. The fourth-order valence-corrected chi connectivity index (χ4v) is 5.47. The Bertz CT molecular complexity index is 1170. The van der Waals surface area contributed by atoms with E-state index >= 15 is 0 Å². The van der Waals surface area contributed by atoms with Crippen LogP contribution < -0.4 is 0 Å². The number of likely N-dealkylation sites (N-methyl/N-ethyl adjacent to an activating group) is 1. The quantitative estimate of drug-likeness (QED) is 0.360. The van der Waals surface area contributed by atoms with Gasteiger partial charge in [0.2, 0.25) is 0 Å². The largest absolute Gasteiger partial charge is 0.465 e. The monoisotopic (exact) mass is 494 g/mol. The Morgan fingerprint density at radius 3 is 2.16 bits per heavy atom. The van der Waals surface area contributed by atoms with E-state index in [-0.39, 0.29) is 5.97 Å². The molecule has 0 spiro atoms. The van der Waals surface area contributed by atoms with Crippen LogP contribution in [0.25, 0.3) is 5.57 Å². The van der Waals surface area contributed by atoms with Gasteiger partial charge in [-0.05, 0) is 73.1 Å². The van der Waals surface area contributed by atoms with Gasteiger partial charge in [0.15, 0.2) is 0 Å². The Balaban J connectivity index is 1.21. The van der Waals surface area contributed by atoms with Crippen molar-refractivity contribution in [3.05, 3.63) is 113 Å². The molecule has 0 saturated carbocycles. The van der Waals surface area contributed by atoms with Crippen LogP contribution in [-0.4, -0.2) is 55.6 Å². The molecule has 4 heteroatoms. The Kier molecular flexibility index (Phi) is 8.49. The van der Waals surface area contributed by atoms with Crippen LogP contribution >= 0.6 is 0 Å². The van der Waals surface area contributed by atoms with Crippen molar-refractivity contribution in [1.82, 2.24) is 9.80 Å². The fraction of sp³-hybridized carbons (Fsp3) is 0.364. The summed E-state index contributed by atoms with van der Waals surface area (Å²) in [5, 5.41) is 0. The number of carbonyl (C=O) groups excluding carboxylic acids is 1. The zero-order valence-electron chi connectivity index (χ0n) is 21.9. The lowest BCUT2D eigenvalue weighted by molar-refractivity contribution is -0.146. The highest BCUT2D eigenvalue weighted by Gasteiger charge is 2.27. The van der Waals surface area contributed by atoms with Crippen molar-refractivity contribution in [1.29, 1.82) is 0 Å². The molecule has 1 atom stereocenters. The maximum atomic E-state index is 13.5. The maximum absolute atomic E-state index is 13.5. The highest BCUT2D eigenvalue weighted by Crippen LogP contribution is 2.30. The van der Waals surface area contributed by atoms with Crippen LogP contribution in [0.15, 0.2) is 91.0 Å². The van der Waals surface area contributed by atoms with Crippen LogP contribution in [0.2, 0.25) is 0 Å². The van der Waals surface area contributed by atoms with E-state index in [9.17, 15) is 4.79 Å². The summed E-state index contributed by atoms with van der Waals surface area (Å²) in [6.07, 6.45) is 5.50. The van der Waals surface area contributed by atoms with E-state index in [0.29, 0.717) is 12.5 Å². The van der Waals surface area contributed by atoms with Crippen molar-refractivity contribution in [2.75, 3.05) is 39.8 Å². The number of carbonyl (C=O) groups is 1. The Hall–Kier alpha value is -3.21. The first kappa shape index (κ1) is 25.4. The van der Waals surface area contributed by atoms with Gasteiger partial charge in [-0.25, -0.2) is 0 Å². The molecule has 3 aromatic carbocycles. The molecule has 1 unspecified atom stereocenters. The molecule has 2 aliphatic rings. The molecule has 2 heterocycles. The number of esters is 1. The van der Waals surface area contributed by atoms with E-state index in [1.807, 2.05) is 30.3 Å². The Morgan fingerprint density at radius 2 is 1.51 bits per heavy atom. The minimum atomic E-state index is -0.403. The second-order valence-corrected chi connectivity index (χ2v) is 10.5. The van der Waals surface area contributed by atoms with Crippen molar-refractivity contribution in [3.63, 3.8) is 0 Å². The number of likely N-dealkylation sites (tertiary alicyclic amines) is 1. The van der Waals surface area contributed by atoms with Gasteiger partial charge in [0, 0.05) is 19.6 Å². The van der Waals surface area contributed by atoms with Gasteiger partial charge < -0.3 is 9.64 Å². The predicted molar refractivity (Wildman–Crippen MR) is 150 cm³/mol.